The Kier molecular flexibility index (Phi) is 6.09. The number of hydrogen-bond acceptors (Lipinski definition) is 4. The van der Waals surface area contributed by atoms with E-state index in [9.17, 15) is 13.5 Å². The van der Waals surface area contributed by atoms with Gasteiger partial charge in [-0.1, -0.05) is 48.0 Å². The van der Waals surface area contributed by atoms with Crippen LogP contribution in [0.2, 0.25) is 0 Å². The number of rotatable bonds is 7. The van der Waals surface area contributed by atoms with E-state index in [1.807, 2.05) is 37.3 Å². The number of hydrogen-bond donors (Lipinski definition) is 2. The molecule has 0 radical (unpaired) electrons. The first-order valence-corrected chi connectivity index (χ1v) is 10.5. The van der Waals surface area contributed by atoms with Gasteiger partial charge >= 0.3 is 0 Å². The van der Waals surface area contributed by atoms with Crippen molar-refractivity contribution in [3.05, 3.63) is 65.7 Å². The Morgan fingerprint density at radius 1 is 1.15 bits per heavy atom. The Bertz CT molecular complexity index is 807. The lowest BCUT2D eigenvalue weighted by molar-refractivity contribution is 0.151. The van der Waals surface area contributed by atoms with Crippen LogP contribution in [0, 0.1) is 6.92 Å². The molecule has 0 spiro atoms. The lowest BCUT2D eigenvalue weighted by Crippen LogP contribution is -2.41. The van der Waals surface area contributed by atoms with Gasteiger partial charge in [0.05, 0.1) is 17.5 Å². The normalized spacial score (nSPS) is 19.5. The van der Waals surface area contributed by atoms with E-state index in [0.717, 1.165) is 30.5 Å². The van der Waals surface area contributed by atoms with E-state index in [-0.39, 0.29) is 23.6 Å². The molecule has 140 valence electrons. The van der Waals surface area contributed by atoms with Crippen molar-refractivity contribution >= 4 is 10.0 Å². The minimum atomic E-state index is -3.63. The molecular formula is C20H26N2O3S. The second-order valence-corrected chi connectivity index (χ2v) is 8.59. The van der Waals surface area contributed by atoms with E-state index in [4.69, 9.17) is 0 Å². The number of sulfonamides is 1. The van der Waals surface area contributed by atoms with Gasteiger partial charge in [0.15, 0.2) is 0 Å². The van der Waals surface area contributed by atoms with E-state index in [1.165, 1.54) is 0 Å². The van der Waals surface area contributed by atoms with Crippen LogP contribution in [-0.4, -0.2) is 44.2 Å². The summed E-state index contributed by atoms with van der Waals surface area (Å²) in [6, 6.07) is 16.2. The van der Waals surface area contributed by atoms with Crippen molar-refractivity contribution in [2.45, 2.75) is 36.7 Å². The van der Waals surface area contributed by atoms with E-state index in [0.29, 0.717) is 6.54 Å². The van der Waals surface area contributed by atoms with Gasteiger partial charge in [0, 0.05) is 12.6 Å². The smallest absolute Gasteiger partial charge is 0.241 e. The Morgan fingerprint density at radius 3 is 2.50 bits per heavy atom. The molecule has 0 aromatic heterocycles. The maximum Gasteiger partial charge on any atom is 0.241 e. The number of nitrogens with one attached hydrogen (secondary N) is 1. The first kappa shape index (κ1) is 19.0. The second-order valence-electron chi connectivity index (χ2n) is 6.87. The monoisotopic (exact) mass is 374 g/mol. The van der Waals surface area contributed by atoms with E-state index < -0.39 is 10.0 Å². The quantitative estimate of drug-likeness (QED) is 0.781. The highest BCUT2D eigenvalue weighted by Crippen LogP contribution is 2.24. The molecule has 26 heavy (non-hydrogen) atoms. The largest absolute Gasteiger partial charge is 0.395 e. The molecule has 2 N–H and O–H groups in total. The van der Waals surface area contributed by atoms with Gasteiger partial charge in [-0.3, -0.25) is 4.90 Å². The van der Waals surface area contributed by atoms with Gasteiger partial charge < -0.3 is 5.11 Å². The zero-order valence-electron chi connectivity index (χ0n) is 15.0. The predicted octanol–water partition coefficient (Wildman–Crippen LogP) is 2.47. The molecule has 1 aliphatic rings. The number of aryl methyl sites for hydroxylation is 1. The van der Waals surface area contributed by atoms with Crippen LogP contribution in [0.3, 0.4) is 0 Å². The molecule has 2 aromatic carbocycles. The van der Waals surface area contributed by atoms with Gasteiger partial charge in [-0.15, -0.1) is 0 Å². The van der Waals surface area contributed by atoms with Gasteiger partial charge in [0.1, 0.15) is 0 Å². The summed E-state index contributed by atoms with van der Waals surface area (Å²) in [5.41, 5.74) is 1.94. The van der Waals surface area contributed by atoms with Crippen LogP contribution < -0.4 is 4.72 Å². The van der Waals surface area contributed by atoms with Crippen LogP contribution in [0.1, 0.15) is 30.0 Å². The summed E-state index contributed by atoms with van der Waals surface area (Å²) in [4.78, 5) is 2.44. The minimum Gasteiger partial charge on any atom is -0.395 e. The van der Waals surface area contributed by atoms with Crippen LogP contribution in [0.4, 0.5) is 0 Å². The summed E-state index contributed by atoms with van der Waals surface area (Å²) in [6.45, 7) is 3.45. The standard InChI is InChI=1S/C20H26N2O3S/c1-16-9-11-19(12-10-16)26(24,25)21-20(17-6-3-2-4-7-17)14-22-13-5-8-18(22)15-23/h2-4,6-7,9-12,18,20-21,23H,5,8,13-15H2,1H3/t18-,20-/m0/s1. The van der Waals surface area contributed by atoms with Crippen LogP contribution in [-0.2, 0) is 10.0 Å². The van der Waals surface area contributed by atoms with Gasteiger partial charge in [-0.05, 0) is 44.0 Å². The Balaban J connectivity index is 1.85. The zero-order chi connectivity index (χ0) is 18.6. The zero-order valence-corrected chi connectivity index (χ0v) is 15.8. The Morgan fingerprint density at radius 2 is 1.85 bits per heavy atom. The van der Waals surface area contributed by atoms with Gasteiger partial charge in [0.25, 0.3) is 0 Å². The summed E-state index contributed by atoms with van der Waals surface area (Å²) in [5.74, 6) is 0. The van der Waals surface area contributed by atoms with Crippen LogP contribution >= 0.6 is 0 Å². The van der Waals surface area contributed by atoms with Crippen LogP contribution in [0.5, 0.6) is 0 Å². The third-order valence-corrected chi connectivity index (χ3v) is 6.45. The van der Waals surface area contributed by atoms with Crippen molar-refractivity contribution in [2.75, 3.05) is 19.7 Å². The molecule has 0 saturated carbocycles. The van der Waals surface area contributed by atoms with Gasteiger partial charge in [-0.25, -0.2) is 13.1 Å². The molecule has 2 atom stereocenters. The topological polar surface area (TPSA) is 69.6 Å². The van der Waals surface area contributed by atoms with Crippen molar-refractivity contribution in [2.24, 2.45) is 0 Å². The lowest BCUT2D eigenvalue weighted by atomic mass is 10.1. The van der Waals surface area contributed by atoms with Crippen LogP contribution in [0.15, 0.2) is 59.5 Å². The molecule has 0 unspecified atom stereocenters. The molecule has 0 bridgehead atoms. The van der Waals surface area contributed by atoms with E-state index in [1.54, 1.807) is 24.3 Å². The number of benzene rings is 2. The number of aliphatic hydroxyl groups is 1. The molecule has 5 nitrogen and oxygen atoms in total. The number of likely N-dealkylation sites (tertiary alicyclic amines) is 1. The van der Waals surface area contributed by atoms with Crippen molar-refractivity contribution in [1.29, 1.82) is 0 Å². The average Bonchev–Trinajstić information content (AvgIpc) is 3.09. The first-order chi connectivity index (χ1) is 12.5. The maximum absolute atomic E-state index is 12.9. The molecule has 1 aliphatic heterocycles. The van der Waals surface area contributed by atoms with E-state index in [2.05, 4.69) is 9.62 Å². The van der Waals surface area contributed by atoms with E-state index >= 15 is 0 Å². The lowest BCUT2D eigenvalue weighted by Gasteiger charge is -2.28. The highest BCUT2D eigenvalue weighted by atomic mass is 32.2. The molecule has 0 aliphatic carbocycles. The van der Waals surface area contributed by atoms with Crippen molar-refractivity contribution in [1.82, 2.24) is 9.62 Å². The van der Waals surface area contributed by atoms with Gasteiger partial charge in [-0.2, -0.15) is 0 Å². The maximum atomic E-state index is 12.9. The fraction of sp³-hybridized carbons (Fsp3) is 0.400. The number of nitrogens with zero attached hydrogens (tertiary/aromatic N) is 1. The molecular weight excluding hydrogens is 348 g/mol. The molecule has 1 heterocycles. The molecule has 6 heteroatoms. The molecule has 1 fully saturated rings. The molecule has 0 amide bonds. The SMILES string of the molecule is Cc1ccc(S(=O)(=O)N[C@@H](CN2CCC[C@H]2CO)c2ccccc2)cc1. The summed E-state index contributed by atoms with van der Waals surface area (Å²) in [5, 5.41) is 9.58. The summed E-state index contributed by atoms with van der Waals surface area (Å²) < 4.78 is 28.6. The highest BCUT2D eigenvalue weighted by Gasteiger charge is 2.29. The predicted molar refractivity (Wildman–Crippen MR) is 102 cm³/mol. The fourth-order valence-electron chi connectivity index (χ4n) is 3.45. The minimum absolute atomic E-state index is 0.102. The average molecular weight is 375 g/mol. The Hall–Kier alpha value is -1.73. The first-order valence-electron chi connectivity index (χ1n) is 8.98. The Labute approximate surface area is 155 Å². The molecule has 2 aromatic rings. The number of aliphatic hydroxyl groups excluding tert-OH is 1. The van der Waals surface area contributed by atoms with Crippen LogP contribution in [0.25, 0.3) is 0 Å². The second kappa shape index (κ2) is 8.31. The third-order valence-electron chi connectivity index (χ3n) is 4.96. The third kappa shape index (κ3) is 4.51. The van der Waals surface area contributed by atoms with Gasteiger partial charge in [0.2, 0.25) is 10.0 Å². The van der Waals surface area contributed by atoms with Crippen molar-refractivity contribution in [3.8, 4) is 0 Å². The summed E-state index contributed by atoms with van der Waals surface area (Å²) in [6.07, 6.45) is 1.97. The molecule has 1 saturated heterocycles. The summed E-state index contributed by atoms with van der Waals surface area (Å²) >= 11 is 0. The fourth-order valence-corrected chi connectivity index (χ4v) is 4.66. The van der Waals surface area contributed by atoms with Crippen molar-refractivity contribution < 1.29 is 13.5 Å². The summed E-state index contributed by atoms with van der Waals surface area (Å²) in [7, 11) is -3.63. The highest BCUT2D eigenvalue weighted by molar-refractivity contribution is 7.89. The molecule has 3 rings (SSSR count). The van der Waals surface area contributed by atoms with Crippen molar-refractivity contribution in [3.63, 3.8) is 0 Å².